The van der Waals surface area contributed by atoms with Gasteiger partial charge in [0.1, 0.15) is 0 Å². The van der Waals surface area contributed by atoms with E-state index in [1.165, 1.54) is 25.0 Å². The number of amides is 2. The van der Waals surface area contributed by atoms with Gasteiger partial charge < -0.3 is 15.3 Å². The van der Waals surface area contributed by atoms with E-state index in [9.17, 15) is 9.59 Å². The standard InChI is InChI=1S/C13H15BrN2O3/c1-16(7-8-2-3-8)13(19)15-11-5-9(12(17)18)4-10(14)6-11/h4-6,8H,2-3,7H2,1H3,(H,15,19)(H,17,18). The normalized spacial score (nSPS) is 14.0. The largest absolute Gasteiger partial charge is 0.478 e. The first kappa shape index (κ1) is 13.9. The molecule has 19 heavy (non-hydrogen) atoms. The van der Waals surface area contributed by atoms with Crippen molar-refractivity contribution in [2.24, 2.45) is 5.92 Å². The van der Waals surface area contributed by atoms with Gasteiger partial charge in [-0.05, 0) is 37.0 Å². The number of halogens is 1. The quantitative estimate of drug-likeness (QED) is 0.893. The van der Waals surface area contributed by atoms with Gasteiger partial charge in [-0.2, -0.15) is 0 Å². The molecule has 0 aromatic heterocycles. The molecule has 102 valence electrons. The van der Waals surface area contributed by atoms with E-state index in [1.54, 1.807) is 18.0 Å². The predicted molar refractivity (Wildman–Crippen MR) is 75.5 cm³/mol. The van der Waals surface area contributed by atoms with Gasteiger partial charge in [0.15, 0.2) is 0 Å². The van der Waals surface area contributed by atoms with Crippen LogP contribution in [0.5, 0.6) is 0 Å². The van der Waals surface area contributed by atoms with Crippen molar-refractivity contribution in [2.45, 2.75) is 12.8 Å². The van der Waals surface area contributed by atoms with Crippen LogP contribution >= 0.6 is 15.9 Å². The molecule has 1 fully saturated rings. The summed E-state index contributed by atoms with van der Waals surface area (Å²) in [5, 5.41) is 11.7. The predicted octanol–water partition coefficient (Wildman–Crippen LogP) is 3.02. The highest BCUT2D eigenvalue weighted by Gasteiger charge is 2.24. The number of aromatic carboxylic acids is 1. The van der Waals surface area contributed by atoms with E-state index < -0.39 is 5.97 Å². The van der Waals surface area contributed by atoms with Crippen LogP contribution in [0.15, 0.2) is 22.7 Å². The number of rotatable bonds is 4. The van der Waals surface area contributed by atoms with Crippen LogP contribution in [0.4, 0.5) is 10.5 Å². The Morgan fingerprint density at radius 1 is 1.42 bits per heavy atom. The summed E-state index contributed by atoms with van der Waals surface area (Å²) >= 11 is 3.23. The maximum atomic E-state index is 11.9. The third-order valence-corrected chi connectivity index (χ3v) is 3.43. The summed E-state index contributed by atoms with van der Waals surface area (Å²) in [5.41, 5.74) is 0.606. The molecule has 1 aliphatic carbocycles. The zero-order valence-corrected chi connectivity index (χ0v) is 12.1. The van der Waals surface area contributed by atoms with E-state index in [0.717, 1.165) is 6.54 Å². The highest BCUT2D eigenvalue weighted by molar-refractivity contribution is 9.10. The molecule has 0 unspecified atom stereocenters. The molecule has 0 bridgehead atoms. The van der Waals surface area contributed by atoms with Crippen LogP contribution in [0.1, 0.15) is 23.2 Å². The maximum absolute atomic E-state index is 11.9. The molecule has 0 radical (unpaired) electrons. The summed E-state index contributed by atoms with van der Waals surface area (Å²) in [6.07, 6.45) is 2.36. The maximum Gasteiger partial charge on any atom is 0.335 e. The Balaban J connectivity index is 2.04. The number of nitrogens with zero attached hydrogens (tertiary/aromatic N) is 1. The number of carboxylic acid groups (broad SMARTS) is 1. The number of urea groups is 1. The van der Waals surface area contributed by atoms with Gasteiger partial charge in [0.05, 0.1) is 5.56 Å². The van der Waals surface area contributed by atoms with Crippen LogP contribution in [-0.4, -0.2) is 35.6 Å². The van der Waals surface area contributed by atoms with Gasteiger partial charge in [-0.1, -0.05) is 15.9 Å². The fourth-order valence-electron chi connectivity index (χ4n) is 1.77. The fraction of sp³-hybridized carbons (Fsp3) is 0.385. The van der Waals surface area contributed by atoms with E-state index in [2.05, 4.69) is 21.2 Å². The molecule has 1 aromatic rings. The molecule has 0 atom stereocenters. The monoisotopic (exact) mass is 326 g/mol. The molecule has 1 aliphatic rings. The van der Waals surface area contributed by atoms with Gasteiger partial charge in [-0.25, -0.2) is 9.59 Å². The number of anilines is 1. The molecule has 5 nitrogen and oxygen atoms in total. The molecule has 0 heterocycles. The molecule has 1 aromatic carbocycles. The number of benzene rings is 1. The summed E-state index contributed by atoms with van der Waals surface area (Å²) in [6.45, 7) is 0.742. The summed E-state index contributed by atoms with van der Waals surface area (Å²) in [5.74, 6) is -0.407. The Hall–Kier alpha value is -1.56. The molecule has 2 N–H and O–H groups in total. The zero-order valence-electron chi connectivity index (χ0n) is 10.5. The summed E-state index contributed by atoms with van der Waals surface area (Å²) in [6, 6.07) is 4.39. The molecule has 0 aliphatic heterocycles. The lowest BCUT2D eigenvalue weighted by Gasteiger charge is -2.17. The molecule has 0 spiro atoms. The van der Waals surface area contributed by atoms with Gasteiger partial charge >= 0.3 is 12.0 Å². The molecule has 6 heteroatoms. The lowest BCUT2D eigenvalue weighted by molar-refractivity contribution is 0.0697. The highest BCUT2D eigenvalue weighted by atomic mass is 79.9. The van der Waals surface area contributed by atoms with Crippen LogP contribution in [0, 0.1) is 5.92 Å². The van der Waals surface area contributed by atoms with Crippen molar-refractivity contribution < 1.29 is 14.7 Å². The summed E-state index contributed by atoms with van der Waals surface area (Å²) < 4.78 is 0.618. The minimum atomic E-state index is -1.02. The van der Waals surface area contributed by atoms with E-state index >= 15 is 0 Å². The molecular formula is C13H15BrN2O3. The van der Waals surface area contributed by atoms with Crippen LogP contribution in [0.3, 0.4) is 0 Å². The van der Waals surface area contributed by atoms with Gasteiger partial charge in [0.2, 0.25) is 0 Å². The first-order valence-corrected chi connectivity index (χ1v) is 6.81. The lowest BCUT2D eigenvalue weighted by atomic mass is 10.2. The molecule has 0 saturated heterocycles. The number of carbonyl (C=O) groups excluding carboxylic acids is 1. The topological polar surface area (TPSA) is 69.6 Å². The number of hydrogen-bond donors (Lipinski definition) is 2. The van der Waals surface area contributed by atoms with Gasteiger partial charge in [0.25, 0.3) is 0 Å². The van der Waals surface area contributed by atoms with Gasteiger partial charge in [-0.3, -0.25) is 0 Å². The number of nitrogens with one attached hydrogen (secondary N) is 1. The van der Waals surface area contributed by atoms with Crippen molar-refractivity contribution in [3.8, 4) is 0 Å². The van der Waals surface area contributed by atoms with Gasteiger partial charge in [0, 0.05) is 23.8 Å². The smallest absolute Gasteiger partial charge is 0.335 e. The molecule has 2 rings (SSSR count). The fourth-order valence-corrected chi connectivity index (χ4v) is 2.27. The Kier molecular flexibility index (Phi) is 4.09. The minimum Gasteiger partial charge on any atom is -0.478 e. The zero-order chi connectivity index (χ0) is 14.0. The highest BCUT2D eigenvalue weighted by Crippen LogP contribution is 2.29. The SMILES string of the molecule is CN(CC1CC1)C(=O)Nc1cc(Br)cc(C(=O)O)c1. The third kappa shape index (κ3) is 3.96. The van der Waals surface area contributed by atoms with Crippen LogP contribution in [0.2, 0.25) is 0 Å². The first-order chi connectivity index (χ1) is 8.95. The second kappa shape index (κ2) is 5.61. The molecule has 1 saturated carbocycles. The van der Waals surface area contributed by atoms with E-state index in [0.29, 0.717) is 16.1 Å². The van der Waals surface area contributed by atoms with Crippen LogP contribution < -0.4 is 5.32 Å². The Bertz CT molecular complexity index is 515. The first-order valence-electron chi connectivity index (χ1n) is 6.01. The van der Waals surface area contributed by atoms with Crippen molar-refractivity contribution in [1.29, 1.82) is 0 Å². The number of carboxylic acids is 1. The summed E-state index contributed by atoms with van der Waals surface area (Å²) in [7, 11) is 1.74. The second-order valence-corrected chi connectivity index (χ2v) is 5.70. The third-order valence-electron chi connectivity index (χ3n) is 2.97. The van der Waals surface area contributed by atoms with Crippen molar-refractivity contribution in [1.82, 2.24) is 4.90 Å². The number of carbonyl (C=O) groups is 2. The molecule has 2 amide bonds. The average molecular weight is 327 g/mol. The Morgan fingerprint density at radius 2 is 2.11 bits per heavy atom. The Morgan fingerprint density at radius 3 is 2.68 bits per heavy atom. The average Bonchev–Trinajstić information content (AvgIpc) is 3.11. The van der Waals surface area contributed by atoms with Crippen LogP contribution in [-0.2, 0) is 0 Å². The van der Waals surface area contributed by atoms with Crippen molar-refractivity contribution in [2.75, 3.05) is 18.9 Å². The van der Waals surface area contributed by atoms with Crippen LogP contribution in [0.25, 0.3) is 0 Å². The van der Waals surface area contributed by atoms with Crippen molar-refractivity contribution in [3.63, 3.8) is 0 Å². The number of hydrogen-bond acceptors (Lipinski definition) is 2. The van der Waals surface area contributed by atoms with Crippen molar-refractivity contribution in [3.05, 3.63) is 28.2 Å². The van der Waals surface area contributed by atoms with Gasteiger partial charge in [-0.15, -0.1) is 0 Å². The van der Waals surface area contributed by atoms with Crippen molar-refractivity contribution >= 4 is 33.6 Å². The minimum absolute atomic E-state index is 0.134. The van der Waals surface area contributed by atoms with E-state index in [-0.39, 0.29) is 11.6 Å². The van der Waals surface area contributed by atoms with E-state index in [4.69, 9.17) is 5.11 Å². The lowest BCUT2D eigenvalue weighted by Crippen LogP contribution is -2.33. The second-order valence-electron chi connectivity index (χ2n) is 4.79. The molecular weight excluding hydrogens is 312 g/mol. The summed E-state index contributed by atoms with van der Waals surface area (Å²) in [4.78, 5) is 24.5. The Labute approximate surface area is 119 Å². The van der Waals surface area contributed by atoms with E-state index in [1.807, 2.05) is 0 Å².